The van der Waals surface area contributed by atoms with E-state index in [0.29, 0.717) is 37.3 Å². The molecule has 0 atom stereocenters. The quantitative estimate of drug-likeness (QED) is 0.775. The molecule has 0 bridgehead atoms. The van der Waals surface area contributed by atoms with Crippen LogP contribution in [0.5, 0.6) is 0 Å². The molecule has 1 amide bonds. The molecule has 2 aromatic rings. The Labute approximate surface area is 163 Å². The topological polar surface area (TPSA) is 61.9 Å². The van der Waals surface area contributed by atoms with Gasteiger partial charge in [-0.05, 0) is 36.4 Å². The third kappa shape index (κ3) is 4.79. The number of rotatable bonds is 6. The average molecular weight is 385 g/mol. The van der Waals surface area contributed by atoms with Gasteiger partial charge in [-0.15, -0.1) is 0 Å². The summed E-state index contributed by atoms with van der Waals surface area (Å²) in [6, 6.07) is 13.5. The summed E-state index contributed by atoms with van der Waals surface area (Å²) in [4.78, 5) is 28.2. The zero-order chi connectivity index (χ0) is 19.9. The number of esters is 1. The van der Waals surface area contributed by atoms with Gasteiger partial charge >= 0.3 is 5.97 Å². The van der Waals surface area contributed by atoms with Crippen molar-refractivity contribution in [2.75, 3.05) is 50.1 Å². The summed E-state index contributed by atoms with van der Waals surface area (Å²) in [5, 5.41) is 3.14. The lowest BCUT2D eigenvalue weighted by Crippen LogP contribution is -2.49. The molecule has 0 radical (unpaired) electrons. The molecule has 1 aliphatic rings. The number of nitrogens with zero attached hydrogens (tertiary/aromatic N) is 2. The van der Waals surface area contributed by atoms with Gasteiger partial charge in [0.15, 0.2) is 0 Å². The molecule has 1 heterocycles. The smallest absolute Gasteiger partial charge is 0.339 e. The number of hydrogen-bond donors (Lipinski definition) is 1. The Bertz CT molecular complexity index is 818. The van der Waals surface area contributed by atoms with Crippen LogP contribution < -0.4 is 10.2 Å². The minimum atomic E-state index is -0.411. The van der Waals surface area contributed by atoms with E-state index in [1.807, 2.05) is 11.0 Å². The number of methoxy groups -OCH3 is 1. The number of carbonyl (C=O) groups excluding carboxylic acids is 2. The monoisotopic (exact) mass is 385 g/mol. The lowest BCUT2D eigenvalue weighted by molar-refractivity contribution is -0.131. The van der Waals surface area contributed by atoms with E-state index in [4.69, 9.17) is 4.74 Å². The van der Waals surface area contributed by atoms with Crippen LogP contribution in [0.2, 0.25) is 0 Å². The summed E-state index contributed by atoms with van der Waals surface area (Å²) in [6.45, 7) is 3.14. The summed E-state index contributed by atoms with van der Waals surface area (Å²) >= 11 is 0. The van der Waals surface area contributed by atoms with Crippen LogP contribution in [0.1, 0.15) is 16.8 Å². The molecular weight excluding hydrogens is 361 g/mol. The van der Waals surface area contributed by atoms with E-state index in [9.17, 15) is 14.0 Å². The van der Waals surface area contributed by atoms with E-state index in [1.165, 1.54) is 19.2 Å². The van der Waals surface area contributed by atoms with E-state index < -0.39 is 5.97 Å². The number of halogens is 1. The maximum absolute atomic E-state index is 13.0. The van der Waals surface area contributed by atoms with Gasteiger partial charge in [-0.3, -0.25) is 4.79 Å². The Morgan fingerprint density at radius 1 is 1.04 bits per heavy atom. The van der Waals surface area contributed by atoms with Gasteiger partial charge < -0.3 is 19.9 Å². The van der Waals surface area contributed by atoms with E-state index in [0.717, 1.165) is 18.8 Å². The molecule has 1 N–H and O–H groups in total. The van der Waals surface area contributed by atoms with Crippen molar-refractivity contribution in [2.45, 2.75) is 6.42 Å². The van der Waals surface area contributed by atoms with Gasteiger partial charge in [-0.1, -0.05) is 12.1 Å². The molecule has 7 heteroatoms. The van der Waals surface area contributed by atoms with Gasteiger partial charge in [-0.2, -0.15) is 0 Å². The number of amides is 1. The van der Waals surface area contributed by atoms with Gasteiger partial charge in [-0.25, -0.2) is 9.18 Å². The molecule has 1 saturated heterocycles. The number of hydrogen-bond acceptors (Lipinski definition) is 5. The summed E-state index contributed by atoms with van der Waals surface area (Å²) in [7, 11) is 1.34. The van der Waals surface area contributed by atoms with Crippen LogP contribution in [-0.4, -0.2) is 56.6 Å². The summed E-state index contributed by atoms with van der Waals surface area (Å²) in [5.74, 6) is -0.591. The summed E-state index contributed by atoms with van der Waals surface area (Å²) in [6.07, 6.45) is 0.339. The van der Waals surface area contributed by atoms with Crippen molar-refractivity contribution in [1.82, 2.24) is 4.90 Å². The Balaban J connectivity index is 1.46. The zero-order valence-electron chi connectivity index (χ0n) is 15.9. The molecule has 0 unspecified atom stereocenters. The number of carbonyl (C=O) groups is 2. The largest absolute Gasteiger partial charge is 0.465 e. The Morgan fingerprint density at radius 3 is 2.39 bits per heavy atom. The molecule has 3 rings (SSSR count). The molecule has 28 heavy (non-hydrogen) atoms. The molecule has 0 aromatic heterocycles. The van der Waals surface area contributed by atoms with E-state index in [2.05, 4.69) is 10.2 Å². The highest BCUT2D eigenvalue weighted by molar-refractivity contribution is 5.95. The first kappa shape index (κ1) is 19.7. The normalized spacial score (nSPS) is 13.9. The van der Waals surface area contributed by atoms with Crippen molar-refractivity contribution < 1.29 is 18.7 Å². The Hall–Kier alpha value is -3.09. The number of ether oxygens (including phenoxy) is 1. The number of para-hydroxylation sites is 1. The first-order chi connectivity index (χ1) is 13.6. The maximum Gasteiger partial charge on any atom is 0.339 e. The molecule has 6 nitrogen and oxygen atoms in total. The van der Waals surface area contributed by atoms with Crippen molar-refractivity contribution in [1.29, 1.82) is 0 Å². The third-order valence-electron chi connectivity index (χ3n) is 4.81. The lowest BCUT2D eigenvalue weighted by atomic mass is 10.1. The summed E-state index contributed by atoms with van der Waals surface area (Å²) in [5.41, 5.74) is 2.07. The fourth-order valence-corrected chi connectivity index (χ4v) is 3.25. The van der Waals surface area contributed by atoms with Crippen LogP contribution in [0.15, 0.2) is 48.5 Å². The average Bonchev–Trinajstić information content (AvgIpc) is 2.74. The van der Waals surface area contributed by atoms with E-state index >= 15 is 0 Å². The Kier molecular flexibility index (Phi) is 6.47. The SMILES string of the molecule is COC(=O)c1ccccc1NCCC(=O)N1CCN(c2ccc(F)cc2)CC1. The predicted molar refractivity (Wildman–Crippen MR) is 106 cm³/mol. The number of anilines is 2. The van der Waals surface area contributed by atoms with Crippen molar-refractivity contribution in [2.24, 2.45) is 0 Å². The van der Waals surface area contributed by atoms with Gasteiger partial charge in [0.25, 0.3) is 0 Å². The fourth-order valence-electron chi connectivity index (χ4n) is 3.25. The van der Waals surface area contributed by atoms with Crippen molar-refractivity contribution in [3.63, 3.8) is 0 Å². The molecule has 148 valence electrons. The Morgan fingerprint density at radius 2 is 1.71 bits per heavy atom. The number of benzene rings is 2. The van der Waals surface area contributed by atoms with Crippen LogP contribution >= 0.6 is 0 Å². The van der Waals surface area contributed by atoms with Crippen LogP contribution in [0.3, 0.4) is 0 Å². The first-order valence-electron chi connectivity index (χ1n) is 9.28. The molecule has 1 aliphatic heterocycles. The minimum absolute atomic E-state index is 0.0711. The van der Waals surface area contributed by atoms with E-state index in [1.54, 1.807) is 30.3 Å². The lowest BCUT2D eigenvalue weighted by Gasteiger charge is -2.36. The first-order valence-corrected chi connectivity index (χ1v) is 9.28. The number of nitrogens with one attached hydrogen (secondary N) is 1. The van der Waals surface area contributed by atoms with Crippen molar-refractivity contribution in [3.8, 4) is 0 Å². The van der Waals surface area contributed by atoms with Gasteiger partial charge in [0.1, 0.15) is 5.82 Å². The highest BCUT2D eigenvalue weighted by Crippen LogP contribution is 2.18. The predicted octanol–water partition coefficient (Wildman–Crippen LogP) is 2.76. The van der Waals surface area contributed by atoms with Crippen LogP contribution in [0, 0.1) is 5.82 Å². The molecule has 1 fully saturated rings. The van der Waals surface area contributed by atoms with Crippen molar-refractivity contribution >= 4 is 23.3 Å². The molecular formula is C21H24FN3O3. The zero-order valence-corrected chi connectivity index (χ0v) is 15.9. The van der Waals surface area contributed by atoms with Crippen LogP contribution in [0.4, 0.5) is 15.8 Å². The molecule has 2 aromatic carbocycles. The fraction of sp³-hybridized carbons (Fsp3) is 0.333. The van der Waals surface area contributed by atoms with Gasteiger partial charge in [0.2, 0.25) is 5.91 Å². The van der Waals surface area contributed by atoms with E-state index in [-0.39, 0.29) is 11.7 Å². The highest BCUT2D eigenvalue weighted by atomic mass is 19.1. The third-order valence-corrected chi connectivity index (χ3v) is 4.81. The van der Waals surface area contributed by atoms with Gasteiger partial charge in [0.05, 0.1) is 12.7 Å². The molecule has 0 aliphatic carbocycles. The minimum Gasteiger partial charge on any atom is -0.465 e. The number of piperazine rings is 1. The standard InChI is InChI=1S/C21H24FN3O3/c1-28-21(27)18-4-2-3-5-19(18)23-11-10-20(26)25-14-12-24(13-15-25)17-8-6-16(22)7-9-17/h2-9,23H,10-15H2,1H3. The molecule has 0 saturated carbocycles. The van der Waals surface area contributed by atoms with Crippen LogP contribution in [-0.2, 0) is 9.53 Å². The van der Waals surface area contributed by atoms with Gasteiger partial charge in [0, 0.05) is 50.5 Å². The van der Waals surface area contributed by atoms with Crippen LogP contribution in [0.25, 0.3) is 0 Å². The molecule has 0 spiro atoms. The second-order valence-electron chi connectivity index (χ2n) is 6.56. The second kappa shape index (κ2) is 9.21. The maximum atomic E-state index is 13.0. The highest BCUT2D eigenvalue weighted by Gasteiger charge is 2.21. The summed E-state index contributed by atoms with van der Waals surface area (Å²) < 4.78 is 17.8. The van der Waals surface area contributed by atoms with Crippen molar-refractivity contribution in [3.05, 3.63) is 59.9 Å². The second-order valence-corrected chi connectivity index (χ2v) is 6.56.